The second kappa shape index (κ2) is 7.82. The number of carboxylic acids is 1. The fourth-order valence-corrected chi connectivity index (χ4v) is 1.80. The molecule has 7 heteroatoms. The van der Waals surface area contributed by atoms with Gasteiger partial charge in [0.1, 0.15) is 0 Å². The van der Waals surface area contributed by atoms with E-state index in [1.807, 2.05) is 0 Å². The van der Waals surface area contributed by atoms with E-state index >= 15 is 0 Å². The van der Waals surface area contributed by atoms with E-state index in [1.54, 1.807) is 6.07 Å². The zero-order valence-corrected chi connectivity index (χ0v) is 12.1. The summed E-state index contributed by atoms with van der Waals surface area (Å²) in [7, 11) is 0. The van der Waals surface area contributed by atoms with Crippen LogP contribution in [0.15, 0.2) is 24.3 Å². The van der Waals surface area contributed by atoms with Crippen LogP contribution in [0, 0.1) is 5.92 Å². The molecule has 1 rings (SSSR count). The molecule has 1 atom stereocenters. The lowest BCUT2D eigenvalue weighted by molar-refractivity contribution is -0.141. The minimum absolute atomic E-state index is 0.0394. The molecule has 0 saturated heterocycles. The number of amides is 1. The number of carboxylic acid groups (broad SMARTS) is 1. The molecule has 22 heavy (non-hydrogen) atoms. The Morgan fingerprint density at radius 1 is 1.32 bits per heavy atom. The van der Waals surface area contributed by atoms with Crippen LogP contribution >= 0.6 is 0 Å². The van der Waals surface area contributed by atoms with Gasteiger partial charge in [0, 0.05) is 13.0 Å². The summed E-state index contributed by atoms with van der Waals surface area (Å²) in [6.45, 7) is 1.52. The van der Waals surface area contributed by atoms with Gasteiger partial charge in [-0.05, 0) is 24.5 Å². The van der Waals surface area contributed by atoms with Crippen molar-refractivity contribution in [3.8, 4) is 0 Å². The van der Waals surface area contributed by atoms with Crippen molar-refractivity contribution in [2.24, 2.45) is 5.92 Å². The lowest BCUT2D eigenvalue weighted by atomic mass is 10.0. The van der Waals surface area contributed by atoms with E-state index < -0.39 is 23.6 Å². The molecule has 1 amide bonds. The summed E-state index contributed by atoms with van der Waals surface area (Å²) < 4.78 is 37.6. The Hall–Kier alpha value is -2.05. The summed E-state index contributed by atoms with van der Waals surface area (Å²) in [5.41, 5.74) is -0.189. The predicted molar refractivity (Wildman–Crippen MR) is 74.2 cm³/mol. The second-order valence-electron chi connectivity index (χ2n) is 5.10. The van der Waals surface area contributed by atoms with Gasteiger partial charge < -0.3 is 10.4 Å². The standard InChI is InChI=1S/C15H18F3NO3/c1-10(14(21)22)9-19-13(20)7-3-5-11-4-2-6-12(8-11)15(16,17)18/h2,4,6,8,10H,3,5,7,9H2,1H3,(H,19,20)(H,21,22). The van der Waals surface area contributed by atoms with E-state index in [-0.39, 0.29) is 18.9 Å². The number of rotatable bonds is 7. The Morgan fingerprint density at radius 3 is 2.59 bits per heavy atom. The highest BCUT2D eigenvalue weighted by Crippen LogP contribution is 2.29. The van der Waals surface area contributed by atoms with Crippen LogP contribution in [0.2, 0.25) is 0 Å². The molecule has 1 unspecified atom stereocenters. The molecule has 0 saturated carbocycles. The fraction of sp³-hybridized carbons (Fsp3) is 0.467. The van der Waals surface area contributed by atoms with Crippen molar-refractivity contribution in [2.45, 2.75) is 32.4 Å². The molecular weight excluding hydrogens is 299 g/mol. The highest BCUT2D eigenvalue weighted by atomic mass is 19.4. The Morgan fingerprint density at radius 2 is 2.00 bits per heavy atom. The Balaban J connectivity index is 2.38. The molecule has 122 valence electrons. The molecular formula is C15H18F3NO3. The summed E-state index contributed by atoms with van der Waals surface area (Å²) in [6, 6.07) is 5.00. The van der Waals surface area contributed by atoms with Gasteiger partial charge in [0.25, 0.3) is 0 Å². The summed E-state index contributed by atoms with van der Waals surface area (Å²) in [5.74, 6) is -1.98. The number of hydrogen-bond donors (Lipinski definition) is 2. The molecule has 0 aliphatic rings. The molecule has 0 heterocycles. The van der Waals surface area contributed by atoms with E-state index in [1.165, 1.54) is 13.0 Å². The molecule has 0 spiro atoms. The first-order valence-electron chi connectivity index (χ1n) is 6.86. The van der Waals surface area contributed by atoms with Crippen LogP contribution in [-0.4, -0.2) is 23.5 Å². The number of alkyl halides is 3. The average molecular weight is 317 g/mol. The number of benzene rings is 1. The molecule has 1 aromatic rings. The average Bonchev–Trinajstić information content (AvgIpc) is 2.44. The third-order valence-electron chi connectivity index (χ3n) is 3.15. The minimum Gasteiger partial charge on any atom is -0.481 e. The van der Waals surface area contributed by atoms with Gasteiger partial charge in [0.2, 0.25) is 5.91 Å². The summed E-state index contributed by atoms with van der Waals surface area (Å²) in [4.78, 5) is 22.1. The summed E-state index contributed by atoms with van der Waals surface area (Å²) in [5, 5.41) is 11.2. The summed E-state index contributed by atoms with van der Waals surface area (Å²) in [6.07, 6.45) is -3.48. The van der Waals surface area contributed by atoms with Gasteiger partial charge in [-0.2, -0.15) is 13.2 Å². The predicted octanol–water partition coefficient (Wildman–Crippen LogP) is 2.87. The molecule has 0 aliphatic heterocycles. The van der Waals surface area contributed by atoms with Crippen LogP contribution in [0.3, 0.4) is 0 Å². The smallest absolute Gasteiger partial charge is 0.416 e. The normalized spacial score (nSPS) is 12.7. The van der Waals surface area contributed by atoms with Gasteiger partial charge in [-0.3, -0.25) is 9.59 Å². The van der Waals surface area contributed by atoms with Crippen molar-refractivity contribution in [3.05, 3.63) is 35.4 Å². The number of aryl methyl sites for hydroxylation is 1. The van der Waals surface area contributed by atoms with Gasteiger partial charge in [-0.25, -0.2) is 0 Å². The molecule has 2 N–H and O–H groups in total. The Kier molecular flexibility index (Phi) is 6.39. The van der Waals surface area contributed by atoms with E-state index in [2.05, 4.69) is 5.32 Å². The first-order chi connectivity index (χ1) is 10.2. The van der Waals surface area contributed by atoms with Crippen molar-refractivity contribution in [1.82, 2.24) is 5.32 Å². The van der Waals surface area contributed by atoms with E-state index in [4.69, 9.17) is 5.11 Å². The Bertz CT molecular complexity index is 529. The van der Waals surface area contributed by atoms with Gasteiger partial charge in [-0.15, -0.1) is 0 Å². The Labute approximate surface area is 126 Å². The van der Waals surface area contributed by atoms with Gasteiger partial charge in [0.05, 0.1) is 11.5 Å². The number of carbonyl (C=O) groups excluding carboxylic acids is 1. The number of carbonyl (C=O) groups is 2. The van der Waals surface area contributed by atoms with Crippen LogP contribution < -0.4 is 5.32 Å². The number of aliphatic carboxylic acids is 1. The second-order valence-corrected chi connectivity index (χ2v) is 5.10. The van der Waals surface area contributed by atoms with E-state index in [0.29, 0.717) is 18.4 Å². The van der Waals surface area contributed by atoms with E-state index in [0.717, 1.165) is 12.1 Å². The largest absolute Gasteiger partial charge is 0.481 e. The van der Waals surface area contributed by atoms with Crippen LogP contribution in [0.1, 0.15) is 30.9 Å². The van der Waals surface area contributed by atoms with Crippen LogP contribution in [0.4, 0.5) is 13.2 Å². The number of halogens is 3. The highest BCUT2D eigenvalue weighted by Gasteiger charge is 2.30. The lowest BCUT2D eigenvalue weighted by Crippen LogP contribution is -2.31. The van der Waals surface area contributed by atoms with Gasteiger partial charge in [-0.1, -0.05) is 25.1 Å². The van der Waals surface area contributed by atoms with Crippen molar-refractivity contribution in [2.75, 3.05) is 6.54 Å². The first-order valence-corrected chi connectivity index (χ1v) is 6.86. The van der Waals surface area contributed by atoms with Crippen molar-refractivity contribution >= 4 is 11.9 Å². The zero-order chi connectivity index (χ0) is 16.8. The molecule has 0 aliphatic carbocycles. The zero-order valence-electron chi connectivity index (χ0n) is 12.1. The molecule has 4 nitrogen and oxygen atoms in total. The lowest BCUT2D eigenvalue weighted by Gasteiger charge is -2.10. The molecule has 0 bridgehead atoms. The monoisotopic (exact) mass is 317 g/mol. The summed E-state index contributed by atoms with van der Waals surface area (Å²) >= 11 is 0. The topological polar surface area (TPSA) is 66.4 Å². The van der Waals surface area contributed by atoms with Crippen molar-refractivity contribution in [3.63, 3.8) is 0 Å². The van der Waals surface area contributed by atoms with Crippen LogP contribution in [0.25, 0.3) is 0 Å². The third-order valence-corrected chi connectivity index (χ3v) is 3.15. The third kappa shape index (κ3) is 6.15. The maximum absolute atomic E-state index is 12.5. The molecule has 0 radical (unpaired) electrons. The van der Waals surface area contributed by atoms with Gasteiger partial charge in [0.15, 0.2) is 0 Å². The highest BCUT2D eigenvalue weighted by molar-refractivity contribution is 5.77. The van der Waals surface area contributed by atoms with Crippen LogP contribution in [0.5, 0.6) is 0 Å². The number of hydrogen-bond acceptors (Lipinski definition) is 2. The quantitative estimate of drug-likeness (QED) is 0.812. The fourth-order valence-electron chi connectivity index (χ4n) is 1.80. The molecule has 0 fully saturated rings. The van der Waals surface area contributed by atoms with E-state index in [9.17, 15) is 22.8 Å². The number of nitrogens with one attached hydrogen (secondary N) is 1. The molecule has 0 aromatic heterocycles. The van der Waals surface area contributed by atoms with Crippen molar-refractivity contribution < 1.29 is 27.9 Å². The minimum atomic E-state index is -4.37. The maximum Gasteiger partial charge on any atom is 0.416 e. The first kappa shape index (κ1) is 18.0. The SMILES string of the molecule is CC(CNC(=O)CCCc1cccc(C(F)(F)F)c1)C(=O)O. The van der Waals surface area contributed by atoms with Crippen LogP contribution in [-0.2, 0) is 22.2 Å². The van der Waals surface area contributed by atoms with Crippen molar-refractivity contribution in [1.29, 1.82) is 0 Å². The maximum atomic E-state index is 12.5. The molecule has 1 aromatic carbocycles. The van der Waals surface area contributed by atoms with Gasteiger partial charge >= 0.3 is 12.1 Å².